The van der Waals surface area contributed by atoms with Crippen LogP contribution in [0.2, 0.25) is 0 Å². The molecule has 3 nitrogen and oxygen atoms in total. The van der Waals surface area contributed by atoms with E-state index in [0.717, 1.165) is 6.20 Å². The first kappa shape index (κ1) is 6.72. The van der Waals surface area contributed by atoms with Crippen molar-refractivity contribution >= 4 is 21.6 Å². The molecule has 0 aliphatic rings. The summed E-state index contributed by atoms with van der Waals surface area (Å²) >= 11 is 3.15. The Labute approximate surface area is 70.0 Å². The van der Waals surface area contributed by atoms with E-state index < -0.39 is 5.82 Å². The van der Waals surface area contributed by atoms with Gasteiger partial charge in [-0.3, -0.25) is 0 Å². The summed E-state index contributed by atoms with van der Waals surface area (Å²) in [5.41, 5.74) is 0.623. The molecule has 5 heteroatoms. The van der Waals surface area contributed by atoms with Gasteiger partial charge < -0.3 is 0 Å². The lowest BCUT2D eigenvalue weighted by Gasteiger charge is -1.89. The number of hydrogen-bond donors (Lipinski definition) is 0. The fourth-order valence-corrected chi connectivity index (χ4v) is 1.20. The average molecular weight is 216 g/mol. The van der Waals surface area contributed by atoms with Crippen molar-refractivity contribution < 1.29 is 4.39 Å². The van der Waals surface area contributed by atoms with Crippen LogP contribution in [0.1, 0.15) is 0 Å². The van der Waals surface area contributed by atoms with Crippen molar-refractivity contribution in [1.82, 2.24) is 14.6 Å². The van der Waals surface area contributed by atoms with Gasteiger partial charge >= 0.3 is 0 Å². The smallest absolute Gasteiger partial charge is 0.159 e. The molecule has 2 heterocycles. The van der Waals surface area contributed by atoms with Crippen LogP contribution in [0.4, 0.5) is 4.39 Å². The monoisotopic (exact) mass is 215 g/mol. The Morgan fingerprint density at radius 3 is 3.18 bits per heavy atom. The molecule has 0 fully saturated rings. The Bertz CT molecular complexity index is 398. The molecule has 2 aromatic rings. The van der Waals surface area contributed by atoms with Gasteiger partial charge in [0.05, 0.1) is 12.4 Å². The van der Waals surface area contributed by atoms with E-state index in [1.54, 1.807) is 6.07 Å². The second-order valence-electron chi connectivity index (χ2n) is 2.04. The number of fused-ring (bicyclic) bond motifs is 1. The Balaban J connectivity index is 2.82. The van der Waals surface area contributed by atoms with Crippen LogP contribution in [0.15, 0.2) is 23.1 Å². The zero-order valence-corrected chi connectivity index (χ0v) is 6.92. The molecular weight excluding hydrogens is 213 g/mol. The largest absolute Gasteiger partial charge is 0.234 e. The molecule has 0 saturated carbocycles. The minimum absolute atomic E-state index is 0.395. The molecule has 0 aliphatic carbocycles. The summed E-state index contributed by atoms with van der Waals surface area (Å²) in [5.74, 6) is -0.395. The second kappa shape index (κ2) is 2.27. The molecule has 0 atom stereocenters. The minimum Gasteiger partial charge on any atom is -0.234 e. The molecule has 0 bridgehead atoms. The van der Waals surface area contributed by atoms with Gasteiger partial charge in [0, 0.05) is 6.07 Å². The summed E-state index contributed by atoms with van der Waals surface area (Å²) in [6, 6.07) is 1.71. The van der Waals surface area contributed by atoms with Crippen LogP contribution in [-0.2, 0) is 0 Å². The number of hydrogen-bond acceptors (Lipinski definition) is 2. The van der Waals surface area contributed by atoms with Crippen LogP contribution in [0.5, 0.6) is 0 Å². The van der Waals surface area contributed by atoms with Crippen LogP contribution in [0, 0.1) is 5.82 Å². The molecule has 0 aliphatic heterocycles. The third-order valence-electron chi connectivity index (χ3n) is 1.25. The van der Waals surface area contributed by atoms with E-state index >= 15 is 0 Å². The number of halogens is 2. The molecule has 2 aromatic heterocycles. The number of aromatic nitrogens is 3. The van der Waals surface area contributed by atoms with E-state index in [1.807, 2.05) is 0 Å². The molecule has 0 N–H and O–H groups in total. The Hall–Kier alpha value is -0.970. The van der Waals surface area contributed by atoms with Crippen molar-refractivity contribution in [3.63, 3.8) is 0 Å². The summed E-state index contributed by atoms with van der Waals surface area (Å²) < 4.78 is 14.5. The SMILES string of the molecule is Fc1cnc2cc(Br)nn2c1. The lowest BCUT2D eigenvalue weighted by Crippen LogP contribution is -1.90. The molecule has 0 radical (unpaired) electrons. The third kappa shape index (κ3) is 1.11. The standard InChI is InChI=1S/C6H3BrFN3/c7-5-1-6-9-2-4(8)3-11(6)10-5/h1-3H. The summed E-state index contributed by atoms with van der Waals surface area (Å²) in [6.45, 7) is 0. The van der Waals surface area contributed by atoms with Crippen LogP contribution >= 0.6 is 15.9 Å². The predicted octanol–water partition coefficient (Wildman–Crippen LogP) is 1.63. The number of nitrogens with zero attached hydrogens (tertiary/aromatic N) is 3. The summed E-state index contributed by atoms with van der Waals surface area (Å²) in [7, 11) is 0. The minimum atomic E-state index is -0.395. The van der Waals surface area contributed by atoms with Crippen molar-refractivity contribution in [2.75, 3.05) is 0 Å². The normalized spacial score (nSPS) is 10.7. The molecular formula is C6H3BrFN3. The van der Waals surface area contributed by atoms with Crippen LogP contribution < -0.4 is 0 Å². The van der Waals surface area contributed by atoms with Gasteiger partial charge in [-0.25, -0.2) is 13.9 Å². The molecule has 0 aromatic carbocycles. The highest BCUT2D eigenvalue weighted by Crippen LogP contribution is 2.09. The van der Waals surface area contributed by atoms with Crippen molar-refractivity contribution in [2.45, 2.75) is 0 Å². The molecule has 0 amide bonds. The van der Waals surface area contributed by atoms with Gasteiger partial charge in [-0.15, -0.1) is 0 Å². The molecule has 56 valence electrons. The van der Waals surface area contributed by atoms with Gasteiger partial charge in [-0.05, 0) is 15.9 Å². The maximum atomic E-state index is 12.5. The summed E-state index contributed by atoms with van der Waals surface area (Å²) in [6.07, 6.45) is 2.43. The van der Waals surface area contributed by atoms with Gasteiger partial charge in [0.2, 0.25) is 0 Å². The Morgan fingerprint density at radius 1 is 1.55 bits per heavy atom. The van der Waals surface area contributed by atoms with E-state index in [1.165, 1.54) is 10.7 Å². The highest BCUT2D eigenvalue weighted by molar-refractivity contribution is 9.10. The highest BCUT2D eigenvalue weighted by Gasteiger charge is 1.99. The zero-order valence-electron chi connectivity index (χ0n) is 5.33. The Kier molecular flexibility index (Phi) is 1.38. The van der Waals surface area contributed by atoms with Crippen molar-refractivity contribution in [1.29, 1.82) is 0 Å². The molecule has 11 heavy (non-hydrogen) atoms. The average Bonchev–Trinajstić information content (AvgIpc) is 2.27. The quantitative estimate of drug-likeness (QED) is 0.669. The topological polar surface area (TPSA) is 30.2 Å². The maximum Gasteiger partial charge on any atom is 0.159 e. The third-order valence-corrected chi connectivity index (χ3v) is 1.64. The molecule has 0 unspecified atom stereocenters. The van der Waals surface area contributed by atoms with Crippen LogP contribution in [-0.4, -0.2) is 14.6 Å². The molecule has 0 saturated heterocycles. The fraction of sp³-hybridized carbons (Fsp3) is 0. The van der Waals surface area contributed by atoms with Crippen LogP contribution in [0.3, 0.4) is 0 Å². The number of rotatable bonds is 0. The van der Waals surface area contributed by atoms with E-state index in [2.05, 4.69) is 26.0 Å². The fourth-order valence-electron chi connectivity index (χ4n) is 0.825. The van der Waals surface area contributed by atoms with Gasteiger partial charge in [0.15, 0.2) is 11.5 Å². The first-order chi connectivity index (χ1) is 5.25. The van der Waals surface area contributed by atoms with Gasteiger partial charge in [0.25, 0.3) is 0 Å². The Morgan fingerprint density at radius 2 is 2.36 bits per heavy atom. The van der Waals surface area contributed by atoms with Crippen LogP contribution in [0.25, 0.3) is 5.65 Å². The second-order valence-corrected chi connectivity index (χ2v) is 2.85. The van der Waals surface area contributed by atoms with E-state index in [4.69, 9.17) is 0 Å². The van der Waals surface area contributed by atoms with Crippen molar-refractivity contribution in [2.24, 2.45) is 0 Å². The van der Waals surface area contributed by atoms with Gasteiger partial charge in [-0.1, -0.05) is 0 Å². The summed E-state index contributed by atoms with van der Waals surface area (Å²) in [4.78, 5) is 3.80. The first-order valence-electron chi connectivity index (χ1n) is 2.92. The van der Waals surface area contributed by atoms with Gasteiger partial charge in [0.1, 0.15) is 4.60 Å². The lowest BCUT2D eigenvalue weighted by molar-refractivity contribution is 0.607. The van der Waals surface area contributed by atoms with Crippen molar-refractivity contribution in [3.8, 4) is 0 Å². The van der Waals surface area contributed by atoms with Gasteiger partial charge in [-0.2, -0.15) is 5.10 Å². The maximum absolute atomic E-state index is 12.5. The molecule has 0 spiro atoms. The van der Waals surface area contributed by atoms with E-state index in [-0.39, 0.29) is 0 Å². The summed E-state index contributed by atoms with van der Waals surface area (Å²) in [5, 5.41) is 3.90. The van der Waals surface area contributed by atoms with E-state index in [0.29, 0.717) is 10.3 Å². The zero-order chi connectivity index (χ0) is 7.84. The van der Waals surface area contributed by atoms with E-state index in [9.17, 15) is 4.39 Å². The van der Waals surface area contributed by atoms with Crippen molar-refractivity contribution in [3.05, 3.63) is 28.9 Å². The highest BCUT2D eigenvalue weighted by atomic mass is 79.9. The lowest BCUT2D eigenvalue weighted by atomic mass is 10.6. The predicted molar refractivity (Wildman–Crippen MR) is 40.6 cm³/mol. The molecule has 2 rings (SSSR count). The first-order valence-corrected chi connectivity index (χ1v) is 3.71.